The lowest BCUT2D eigenvalue weighted by atomic mass is 9.99. The second kappa shape index (κ2) is 38.2. The van der Waals surface area contributed by atoms with Gasteiger partial charge in [0, 0.05) is 12.8 Å². The van der Waals surface area contributed by atoms with Gasteiger partial charge >= 0.3 is 19.8 Å². The molecule has 10 heteroatoms. The van der Waals surface area contributed by atoms with Gasteiger partial charge in [0.05, 0.1) is 18.8 Å². The van der Waals surface area contributed by atoms with Crippen molar-refractivity contribution in [3.8, 4) is 0 Å². The Kier molecular flexibility index (Phi) is 35.7. The first kappa shape index (κ1) is 54.2. The zero-order valence-corrected chi connectivity index (χ0v) is 38.2. The van der Waals surface area contributed by atoms with Crippen molar-refractivity contribution in [1.29, 1.82) is 0 Å². The van der Waals surface area contributed by atoms with E-state index in [1.165, 1.54) is 122 Å². The second-order valence-corrected chi connectivity index (χ2v) is 18.0. The fourth-order valence-corrected chi connectivity index (χ4v) is 7.39. The van der Waals surface area contributed by atoms with Crippen LogP contribution in [0.5, 0.6) is 0 Å². The minimum atomic E-state index is -4.77. The van der Waals surface area contributed by atoms with Crippen LogP contribution in [0, 0.1) is 5.92 Å². The summed E-state index contributed by atoms with van der Waals surface area (Å²) in [6, 6.07) is 0. The molecule has 1 heterocycles. The average molecular weight is 839 g/mol. The number of phosphoric ester groups is 1. The third-order valence-corrected chi connectivity index (χ3v) is 11.6. The highest BCUT2D eigenvalue weighted by Gasteiger charge is 2.36. The summed E-state index contributed by atoms with van der Waals surface area (Å²) in [5.74, 6) is -0.0517. The number of rotatable bonds is 42. The highest BCUT2D eigenvalue weighted by molar-refractivity contribution is 7.46. The first-order valence-corrected chi connectivity index (χ1v) is 25.3. The Bertz CT molecular complexity index is 1120. The van der Waals surface area contributed by atoms with Crippen molar-refractivity contribution in [2.24, 2.45) is 5.92 Å². The van der Waals surface area contributed by atoms with E-state index < -0.39 is 32.5 Å². The van der Waals surface area contributed by atoms with E-state index in [0.717, 1.165) is 57.3 Å². The van der Waals surface area contributed by atoms with Gasteiger partial charge in [-0.05, 0) is 57.3 Å². The maximum atomic E-state index is 12.5. The van der Waals surface area contributed by atoms with Gasteiger partial charge in [-0.15, -0.1) is 0 Å². The molecule has 0 saturated carbocycles. The number of phosphoric acid groups is 1. The van der Waals surface area contributed by atoms with Gasteiger partial charge in [-0.2, -0.15) is 0 Å². The molecule has 1 fully saturated rings. The van der Waals surface area contributed by atoms with Crippen LogP contribution < -0.4 is 0 Å². The molecule has 0 aromatic heterocycles. The number of ether oxygens (including phenoxy) is 3. The summed E-state index contributed by atoms with van der Waals surface area (Å²) < 4.78 is 32.2. The molecular formula is C48H87O9P. The number of carbonyl (C=O) groups is 2. The van der Waals surface area contributed by atoms with Gasteiger partial charge in [0.1, 0.15) is 6.61 Å². The van der Waals surface area contributed by atoms with E-state index in [1.54, 1.807) is 0 Å². The van der Waals surface area contributed by atoms with Gasteiger partial charge in [0.15, 0.2) is 6.10 Å². The summed E-state index contributed by atoms with van der Waals surface area (Å²) in [4.78, 5) is 43.0. The van der Waals surface area contributed by atoms with Crippen LogP contribution in [0.2, 0.25) is 0 Å². The molecule has 1 saturated heterocycles. The lowest BCUT2D eigenvalue weighted by molar-refractivity contribution is -0.161. The largest absolute Gasteiger partial charge is 0.469 e. The number of epoxide rings is 1. The number of hydrogen-bond acceptors (Lipinski definition) is 7. The first-order chi connectivity index (χ1) is 28.1. The highest BCUT2D eigenvalue weighted by atomic mass is 31.2. The van der Waals surface area contributed by atoms with Crippen LogP contribution in [-0.4, -0.2) is 53.3 Å². The first-order valence-electron chi connectivity index (χ1n) is 23.8. The Morgan fingerprint density at radius 1 is 0.603 bits per heavy atom. The summed E-state index contributed by atoms with van der Waals surface area (Å²) >= 11 is 0. The van der Waals surface area contributed by atoms with Gasteiger partial charge in [-0.25, -0.2) is 4.57 Å². The predicted octanol–water partition coefficient (Wildman–Crippen LogP) is 13.8. The SMILES string of the molecule is CCCCC/C=C\CC1OC1C/C=C\C/C=C\CCCC(=O)OC[C@H](COP(=O)(O)O)OC(=O)CCCCCCCCCCCCCCCCCCCCC(C)CC. The Morgan fingerprint density at radius 2 is 1.09 bits per heavy atom. The molecule has 1 rings (SSSR count). The number of carbonyl (C=O) groups excluding carboxylic acids is 2. The number of esters is 2. The minimum absolute atomic E-state index is 0.187. The standard InChI is InChI=1S/C48H87O9P/c1-4-6-7-8-27-32-37-45-46(57-45)38-33-28-23-21-25-29-34-39-47(49)54-41-44(42-55-58(51,52)53)56-48(50)40-35-30-24-20-18-16-14-12-10-9-11-13-15-17-19-22-26-31-36-43(3)5-2/h21,25,27-28,32-33,43-46H,4-20,22-24,26,29-31,34-42H2,1-3H3,(H2,51,52,53)/b25-21-,32-27-,33-28-/t43?,44-,45?,46?/m1/s1. The van der Waals surface area contributed by atoms with Crippen LogP contribution >= 0.6 is 7.82 Å². The molecule has 338 valence electrons. The van der Waals surface area contributed by atoms with E-state index in [0.29, 0.717) is 25.0 Å². The fraction of sp³-hybridized carbons (Fsp3) is 0.833. The molecule has 0 spiro atoms. The predicted molar refractivity (Wildman–Crippen MR) is 239 cm³/mol. The van der Waals surface area contributed by atoms with Crippen molar-refractivity contribution in [2.45, 2.75) is 238 Å². The van der Waals surface area contributed by atoms with E-state index in [-0.39, 0.29) is 19.4 Å². The molecule has 58 heavy (non-hydrogen) atoms. The molecule has 0 aliphatic carbocycles. The Labute approximate surface area is 355 Å². The molecule has 3 unspecified atom stereocenters. The van der Waals surface area contributed by atoms with Gasteiger partial charge in [-0.3, -0.25) is 14.1 Å². The van der Waals surface area contributed by atoms with E-state index in [4.69, 9.17) is 24.0 Å². The molecule has 9 nitrogen and oxygen atoms in total. The van der Waals surface area contributed by atoms with Crippen LogP contribution in [0.25, 0.3) is 0 Å². The monoisotopic (exact) mass is 839 g/mol. The molecule has 4 atom stereocenters. The Morgan fingerprint density at radius 3 is 1.64 bits per heavy atom. The van der Waals surface area contributed by atoms with Crippen LogP contribution in [-0.2, 0) is 32.9 Å². The van der Waals surface area contributed by atoms with Gasteiger partial charge in [0.2, 0.25) is 0 Å². The average Bonchev–Trinajstić information content (AvgIpc) is 3.95. The van der Waals surface area contributed by atoms with E-state index in [1.807, 2.05) is 6.08 Å². The molecular weight excluding hydrogens is 751 g/mol. The second-order valence-electron chi connectivity index (χ2n) is 16.7. The molecule has 1 aliphatic rings. The van der Waals surface area contributed by atoms with Crippen molar-refractivity contribution >= 4 is 19.8 Å². The van der Waals surface area contributed by atoms with Gasteiger partial charge in [-0.1, -0.05) is 192 Å². The quantitative estimate of drug-likeness (QED) is 0.0203. The summed E-state index contributed by atoms with van der Waals surface area (Å²) in [7, 11) is -4.77. The fourth-order valence-electron chi connectivity index (χ4n) is 7.03. The van der Waals surface area contributed by atoms with Crippen LogP contribution in [0.4, 0.5) is 0 Å². The Hall–Kier alpha value is -1.77. The Balaban J connectivity index is 2.03. The van der Waals surface area contributed by atoms with Crippen molar-refractivity contribution in [3.63, 3.8) is 0 Å². The molecule has 1 aliphatic heterocycles. The maximum Gasteiger partial charge on any atom is 0.469 e. The molecule has 0 amide bonds. The smallest absolute Gasteiger partial charge is 0.462 e. The van der Waals surface area contributed by atoms with Crippen LogP contribution in [0.3, 0.4) is 0 Å². The van der Waals surface area contributed by atoms with E-state index >= 15 is 0 Å². The van der Waals surface area contributed by atoms with Crippen molar-refractivity contribution in [1.82, 2.24) is 0 Å². The lowest BCUT2D eigenvalue weighted by Gasteiger charge is -2.18. The molecule has 0 aromatic carbocycles. The van der Waals surface area contributed by atoms with Crippen LogP contribution in [0.15, 0.2) is 36.5 Å². The van der Waals surface area contributed by atoms with Crippen molar-refractivity contribution in [2.75, 3.05) is 13.2 Å². The number of unbranched alkanes of at least 4 members (excludes halogenated alkanes) is 21. The van der Waals surface area contributed by atoms with E-state index in [2.05, 4.69) is 55.7 Å². The van der Waals surface area contributed by atoms with Crippen LogP contribution in [0.1, 0.15) is 220 Å². The van der Waals surface area contributed by atoms with Crippen molar-refractivity contribution < 1.29 is 42.7 Å². The summed E-state index contributed by atoms with van der Waals surface area (Å²) in [5, 5.41) is 0. The zero-order valence-electron chi connectivity index (χ0n) is 37.3. The molecule has 0 radical (unpaired) electrons. The molecule has 0 aromatic rings. The summed E-state index contributed by atoms with van der Waals surface area (Å²) in [5.41, 5.74) is 0. The molecule has 2 N–H and O–H groups in total. The lowest BCUT2D eigenvalue weighted by Crippen LogP contribution is -2.29. The third kappa shape index (κ3) is 37.2. The summed E-state index contributed by atoms with van der Waals surface area (Å²) in [6.07, 6.45) is 47.6. The summed E-state index contributed by atoms with van der Waals surface area (Å²) in [6.45, 7) is 6.02. The maximum absolute atomic E-state index is 12.5. The topological polar surface area (TPSA) is 132 Å². The van der Waals surface area contributed by atoms with Crippen molar-refractivity contribution in [3.05, 3.63) is 36.5 Å². The van der Waals surface area contributed by atoms with Gasteiger partial charge < -0.3 is 24.0 Å². The minimum Gasteiger partial charge on any atom is -0.462 e. The third-order valence-electron chi connectivity index (χ3n) is 11.1. The number of allylic oxidation sites excluding steroid dienone is 4. The zero-order chi connectivity index (χ0) is 42.4. The van der Waals surface area contributed by atoms with E-state index in [9.17, 15) is 14.2 Å². The number of hydrogen-bond donors (Lipinski definition) is 2. The highest BCUT2D eigenvalue weighted by Crippen LogP contribution is 2.36. The molecule has 0 bridgehead atoms. The normalized spacial score (nSPS) is 16.8. The van der Waals surface area contributed by atoms with Gasteiger partial charge in [0.25, 0.3) is 0 Å².